The molecule has 0 aliphatic carbocycles. The van der Waals surface area contributed by atoms with E-state index in [2.05, 4.69) is 5.32 Å². The summed E-state index contributed by atoms with van der Waals surface area (Å²) in [4.78, 5) is 24.5. The van der Waals surface area contributed by atoms with Gasteiger partial charge in [0.25, 0.3) is 0 Å². The molecule has 0 radical (unpaired) electrons. The van der Waals surface area contributed by atoms with E-state index in [9.17, 15) is 9.59 Å². The first-order chi connectivity index (χ1) is 10.8. The number of likely N-dealkylation sites (N-methyl/N-ethyl adjacent to an activating group) is 1. The Balaban J connectivity index is 2.46. The number of nitrogens with one attached hydrogen (secondary N) is 1. The summed E-state index contributed by atoms with van der Waals surface area (Å²) in [6.07, 6.45) is 1.10. The van der Waals surface area contributed by atoms with E-state index in [1.165, 1.54) is 4.90 Å². The molecule has 2 amide bonds. The minimum atomic E-state index is -1.01. The average Bonchev–Trinajstić information content (AvgIpc) is 2.49. The third-order valence-electron chi connectivity index (χ3n) is 3.55. The number of aliphatic carboxylic acids is 1. The van der Waals surface area contributed by atoms with Crippen molar-refractivity contribution < 1.29 is 19.4 Å². The van der Waals surface area contributed by atoms with Crippen LogP contribution < -0.4 is 10.1 Å². The molecule has 1 rings (SSSR count). The zero-order chi connectivity index (χ0) is 17.4. The smallest absolute Gasteiger partial charge is 0.326 e. The number of rotatable bonds is 8. The summed E-state index contributed by atoms with van der Waals surface area (Å²) in [7, 11) is 1.62. The van der Waals surface area contributed by atoms with Crippen LogP contribution in [0.1, 0.15) is 30.9 Å². The second-order valence-corrected chi connectivity index (χ2v) is 5.67. The molecule has 0 aromatic heterocycles. The van der Waals surface area contributed by atoms with Gasteiger partial charge in [-0.25, -0.2) is 9.59 Å². The molecule has 23 heavy (non-hydrogen) atoms. The van der Waals surface area contributed by atoms with Crippen LogP contribution in [-0.4, -0.2) is 48.2 Å². The first-order valence-corrected chi connectivity index (χ1v) is 7.79. The molecule has 0 unspecified atom stereocenters. The lowest BCUT2D eigenvalue weighted by molar-refractivity contribution is -0.139. The summed E-state index contributed by atoms with van der Waals surface area (Å²) in [5.41, 5.74) is 2.15. The van der Waals surface area contributed by atoms with Gasteiger partial charge in [0.1, 0.15) is 18.4 Å². The monoisotopic (exact) mass is 322 g/mol. The quantitative estimate of drug-likeness (QED) is 0.771. The number of amides is 2. The minimum absolute atomic E-state index is 0.347. The van der Waals surface area contributed by atoms with E-state index in [4.69, 9.17) is 9.84 Å². The zero-order valence-electron chi connectivity index (χ0n) is 14.3. The normalized spacial score (nSPS) is 11.7. The first kappa shape index (κ1) is 18.8. The van der Waals surface area contributed by atoms with E-state index in [0.29, 0.717) is 26.0 Å². The number of hydrogen-bond acceptors (Lipinski definition) is 3. The predicted molar refractivity (Wildman–Crippen MR) is 88.9 cm³/mol. The van der Waals surface area contributed by atoms with Gasteiger partial charge in [0, 0.05) is 7.05 Å². The molecule has 6 heteroatoms. The lowest BCUT2D eigenvalue weighted by atomic mass is 10.1. The molecule has 0 spiro atoms. The molecule has 1 atom stereocenters. The molecule has 0 saturated carbocycles. The Morgan fingerprint density at radius 3 is 2.65 bits per heavy atom. The minimum Gasteiger partial charge on any atom is -0.491 e. The molecule has 0 aliphatic rings. The standard InChI is InChI=1S/C17H26N2O4/c1-5-6-14(16(20)21)18-17(22)19(4)9-10-23-15-11-12(2)7-8-13(15)3/h7-8,11,14H,5-6,9-10H2,1-4H3,(H,18,22)(H,20,21)/t14-/m0/s1. The molecule has 0 aliphatic heterocycles. The number of benzene rings is 1. The van der Waals surface area contributed by atoms with Gasteiger partial charge < -0.3 is 20.1 Å². The molecule has 0 fully saturated rings. The molecule has 1 aromatic rings. The lowest BCUT2D eigenvalue weighted by Gasteiger charge is -2.21. The number of carboxylic acids is 1. The number of ether oxygens (including phenoxy) is 1. The van der Waals surface area contributed by atoms with Gasteiger partial charge in [0.15, 0.2) is 0 Å². The highest BCUT2D eigenvalue weighted by molar-refractivity contribution is 5.82. The van der Waals surface area contributed by atoms with Gasteiger partial charge in [-0.3, -0.25) is 0 Å². The zero-order valence-corrected chi connectivity index (χ0v) is 14.3. The van der Waals surface area contributed by atoms with Crippen molar-refractivity contribution in [1.82, 2.24) is 10.2 Å². The van der Waals surface area contributed by atoms with Gasteiger partial charge in [0.05, 0.1) is 6.54 Å². The molecule has 0 bridgehead atoms. The summed E-state index contributed by atoms with van der Waals surface area (Å²) in [6.45, 7) is 6.56. The highest BCUT2D eigenvalue weighted by Crippen LogP contribution is 2.18. The number of urea groups is 1. The summed E-state index contributed by atoms with van der Waals surface area (Å²) < 4.78 is 5.70. The summed E-state index contributed by atoms with van der Waals surface area (Å²) in [5, 5.41) is 11.6. The summed E-state index contributed by atoms with van der Waals surface area (Å²) in [6, 6.07) is 4.70. The SMILES string of the molecule is CCC[C@H](NC(=O)N(C)CCOc1cc(C)ccc1C)C(=O)O. The van der Waals surface area contributed by atoms with Crippen LogP contribution in [0.5, 0.6) is 5.75 Å². The Morgan fingerprint density at radius 1 is 1.35 bits per heavy atom. The van der Waals surface area contributed by atoms with Crippen molar-refractivity contribution in [1.29, 1.82) is 0 Å². The number of carbonyl (C=O) groups is 2. The van der Waals surface area contributed by atoms with E-state index < -0.39 is 18.0 Å². The molecule has 2 N–H and O–H groups in total. The van der Waals surface area contributed by atoms with Gasteiger partial charge >= 0.3 is 12.0 Å². The van der Waals surface area contributed by atoms with Gasteiger partial charge in [-0.2, -0.15) is 0 Å². The Hall–Kier alpha value is -2.24. The van der Waals surface area contributed by atoms with Gasteiger partial charge in [-0.15, -0.1) is 0 Å². The van der Waals surface area contributed by atoms with Crippen LogP contribution in [0.2, 0.25) is 0 Å². The van der Waals surface area contributed by atoms with Crippen LogP contribution in [0, 0.1) is 13.8 Å². The molecule has 6 nitrogen and oxygen atoms in total. The maximum absolute atomic E-state index is 12.0. The number of hydrogen-bond donors (Lipinski definition) is 2. The fourth-order valence-corrected chi connectivity index (χ4v) is 2.06. The highest BCUT2D eigenvalue weighted by atomic mass is 16.5. The molecule has 128 valence electrons. The summed E-state index contributed by atoms with van der Waals surface area (Å²) in [5.74, 6) is -0.214. The van der Waals surface area contributed by atoms with Gasteiger partial charge in [-0.05, 0) is 37.5 Å². The second-order valence-electron chi connectivity index (χ2n) is 5.67. The Bertz CT molecular complexity index is 545. The molecule has 1 aromatic carbocycles. The van der Waals surface area contributed by atoms with Crippen LogP contribution in [0.25, 0.3) is 0 Å². The first-order valence-electron chi connectivity index (χ1n) is 7.79. The summed E-state index contributed by atoms with van der Waals surface area (Å²) >= 11 is 0. The molecule has 0 heterocycles. The average molecular weight is 322 g/mol. The van der Waals surface area contributed by atoms with Crippen molar-refractivity contribution in [3.8, 4) is 5.75 Å². The Labute approximate surface area is 137 Å². The van der Waals surface area contributed by atoms with Crippen molar-refractivity contribution in [2.75, 3.05) is 20.2 Å². The van der Waals surface area contributed by atoms with E-state index in [-0.39, 0.29) is 0 Å². The van der Waals surface area contributed by atoms with Gasteiger partial charge in [-0.1, -0.05) is 25.5 Å². The van der Waals surface area contributed by atoms with Crippen LogP contribution in [0.15, 0.2) is 18.2 Å². The van der Waals surface area contributed by atoms with Crippen molar-refractivity contribution in [2.24, 2.45) is 0 Å². The molecular weight excluding hydrogens is 296 g/mol. The largest absolute Gasteiger partial charge is 0.491 e. The number of aryl methyl sites for hydroxylation is 2. The Morgan fingerprint density at radius 2 is 2.04 bits per heavy atom. The van der Waals surface area contributed by atoms with E-state index in [1.54, 1.807) is 7.05 Å². The van der Waals surface area contributed by atoms with Crippen molar-refractivity contribution in [3.63, 3.8) is 0 Å². The van der Waals surface area contributed by atoms with Crippen LogP contribution in [0.3, 0.4) is 0 Å². The van der Waals surface area contributed by atoms with E-state index in [0.717, 1.165) is 16.9 Å². The number of nitrogens with zero attached hydrogens (tertiary/aromatic N) is 1. The molecule has 0 saturated heterocycles. The van der Waals surface area contributed by atoms with Gasteiger partial charge in [0.2, 0.25) is 0 Å². The topological polar surface area (TPSA) is 78.9 Å². The predicted octanol–water partition coefficient (Wildman–Crippen LogP) is 2.58. The third kappa shape index (κ3) is 6.18. The van der Waals surface area contributed by atoms with Crippen molar-refractivity contribution >= 4 is 12.0 Å². The Kier molecular flexibility index (Phi) is 7.38. The maximum atomic E-state index is 12.0. The molecular formula is C17H26N2O4. The van der Waals surface area contributed by atoms with Crippen molar-refractivity contribution in [2.45, 2.75) is 39.7 Å². The number of carboxylic acid groups (broad SMARTS) is 1. The lowest BCUT2D eigenvalue weighted by Crippen LogP contribution is -2.47. The van der Waals surface area contributed by atoms with E-state index >= 15 is 0 Å². The second kappa shape index (κ2) is 9.02. The van der Waals surface area contributed by atoms with Crippen LogP contribution >= 0.6 is 0 Å². The van der Waals surface area contributed by atoms with Crippen LogP contribution in [-0.2, 0) is 4.79 Å². The fourth-order valence-electron chi connectivity index (χ4n) is 2.06. The maximum Gasteiger partial charge on any atom is 0.326 e. The van der Waals surface area contributed by atoms with Crippen molar-refractivity contribution in [3.05, 3.63) is 29.3 Å². The number of carbonyl (C=O) groups excluding carboxylic acids is 1. The third-order valence-corrected chi connectivity index (χ3v) is 3.55. The van der Waals surface area contributed by atoms with E-state index in [1.807, 2.05) is 39.0 Å². The van der Waals surface area contributed by atoms with Crippen LogP contribution in [0.4, 0.5) is 4.79 Å². The highest BCUT2D eigenvalue weighted by Gasteiger charge is 2.20. The fraction of sp³-hybridized carbons (Fsp3) is 0.529.